The predicted octanol–water partition coefficient (Wildman–Crippen LogP) is 2.81. The molecule has 2 N–H and O–H groups in total. The fraction of sp³-hybridized carbons (Fsp3) is 0.231. The molecule has 0 unspecified atom stereocenters. The van der Waals surface area contributed by atoms with Crippen LogP contribution in [-0.2, 0) is 6.54 Å². The first-order valence-corrected chi connectivity index (χ1v) is 5.27. The summed E-state index contributed by atoms with van der Waals surface area (Å²) in [4.78, 5) is 2.12. The van der Waals surface area contributed by atoms with E-state index in [9.17, 15) is 0 Å². The molecule has 84 valence electrons. The largest absolute Gasteiger partial charge is 0.469 e. The molecule has 0 atom stereocenters. The third kappa shape index (κ3) is 2.03. The summed E-state index contributed by atoms with van der Waals surface area (Å²) < 4.78 is 5.27. The van der Waals surface area contributed by atoms with Gasteiger partial charge in [-0.3, -0.25) is 0 Å². The van der Waals surface area contributed by atoms with Crippen molar-refractivity contribution in [2.24, 2.45) is 0 Å². The number of nitrogens with zero attached hydrogens (tertiary/aromatic N) is 1. The number of furan rings is 1. The number of para-hydroxylation sites is 2. The third-order valence-corrected chi connectivity index (χ3v) is 2.72. The zero-order valence-electron chi connectivity index (χ0n) is 9.60. The van der Waals surface area contributed by atoms with E-state index in [2.05, 4.69) is 4.90 Å². The Morgan fingerprint density at radius 3 is 2.62 bits per heavy atom. The molecule has 3 heteroatoms. The zero-order valence-corrected chi connectivity index (χ0v) is 9.60. The van der Waals surface area contributed by atoms with Crippen molar-refractivity contribution in [2.75, 3.05) is 17.7 Å². The van der Waals surface area contributed by atoms with Crippen molar-refractivity contribution in [1.82, 2.24) is 0 Å². The lowest BCUT2D eigenvalue weighted by molar-refractivity contribution is 0.529. The van der Waals surface area contributed by atoms with E-state index in [1.165, 1.54) is 5.56 Å². The first-order chi connectivity index (χ1) is 7.68. The summed E-state index contributed by atoms with van der Waals surface area (Å²) in [5.41, 5.74) is 8.95. The highest BCUT2D eigenvalue weighted by molar-refractivity contribution is 5.66. The van der Waals surface area contributed by atoms with E-state index >= 15 is 0 Å². The Labute approximate surface area is 95.5 Å². The first-order valence-electron chi connectivity index (χ1n) is 5.27. The minimum Gasteiger partial charge on any atom is -0.469 e. The summed E-state index contributed by atoms with van der Waals surface area (Å²) >= 11 is 0. The topological polar surface area (TPSA) is 42.4 Å². The van der Waals surface area contributed by atoms with Crippen molar-refractivity contribution in [1.29, 1.82) is 0 Å². The molecule has 0 fully saturated rings. The van der Waals surface area contributed by atoms with Gasteiger partial charge in [0.15, 0.2) is 0 Å². The molecule has 1 heterocycles. The lowest BCUT2D eigenvalue weighted by Crippen LogP contribution is -2.17. The van der Waals surface area contributed by atoms with Gasteiger partial charge in [0.2, 0.25) is 0 Å². The van der Waals surface area contributed by atoms with E-state index in [0.717, 1.165) is 23.7 Å². The SMILES string of the molecule is Cc1occc1CN(C)c1ccccc1N. The van der Waals surface area contributed by atoms with Gasteiger partial charge in [0.05, 0.1) is 17.6 Å². The maximum absolute atomic E-state index is 5.92. The lowest BCUT2D eigenvalue weighted by atomic mass is 10.2. The molecule has 0 saturated heterocycles. The van der Waals surface area contributed by atoms with E-state index < -0.39 is 0 Å². The van der Waals surface area contributed by atoms with Crippen molar-refractivity contribution in [2.45, 2.75) is 13.5 Å². The summed E-state index contributed by atoms with van der Waals surface area (Å²) in [6.07, 6.45) is 1.72. The smallest absolute Gasteiger partial charge is 0.105 e. The Balaban J connectivity index is 2.18. The lowest BCUT2D eigenvalue weighted by Gasteiger charge is -2.20. The molecule has 0 bridgehead atoms. The average Bonchev–Trinajstić information content (AvgIpc) is 2.65. The number of aryl methyl sites for hydroxylation is 1. The molecule has 1 aromatic carbocycles. The molecule has 0 radical (unpaired) electrons. The van der Waals surface area contributed by atoms with Crippen LogP contribution in [0.4, 0.5) is 11.4 Å². The van der Waals surface area contributed by atoms with Crippen molar-refractivity contribution in [3.05, 3.63) is 47.9 Å². The summed E-state index contributed by atoms with van der Waals surface area (Å²) in [5, 5.41) is 0. The van der Waals surface area contributed by atoms with Gasteiger partial charge in [0.25, 0.3) is 0 Å². The van der Waals surface area contributed by atoms with Gasteiger partial charge < -0.3 is 15.1 Å². The highest BCUT2D eigenvalue weighted by atomic mass is 16.3. The molecular weight excluding hydrogens is 200 g/mol. The summed E-state index contributed by atoms with van der Waals surface area (Å²) in [5.74, 6) is 0.960. The Morgan fingerprint density at radius 1 is 1.25 bits per heavy atom. The molecule has 0 aliphatic heterocycles. The van der Waals surface area contributed by atoms with Gasteiger partial charge in [-0.15, -0.1) is 0 Å². The number of rotatable bonds is 3. The Hall–Kier alpha value is -1.90. The van der Waals surface area contributed by atoms with Crippen LogP contribution in [0.25, 0.3) is 0 Å². The van der Waals surface area contributed by atoms with Gasteiger partial charge in [-0.1, -0.05) is 12.1 Å². The number of hydrogen-bond acceptors (Lipinski definition) is 3. The van der Waals surface area contributed by atoms with Gasteiger partial charge in [-0.05, 0) is 25.1 Å². The van der Waals surface area contributed by atoms with E-state index in [-0.39, 0.29) is 0 Å². The number of benzene rings is 1. The number of nitrogens with two attached hydrogens (primary N) is 1. The zero-order chi connectivity index (χ0) is 11.5. The first kappa shape index (κ1) is 10.6. The van der Waals surface area contributed by atoms with Gasteiger partial charge >= 0.3 is 0 Å². The minimum atomic E-state index is 0.797. The van der Waals surface area contributed by atoms with Crippen LogP contribution >= 0.6 is 0 Å². The van der Waals surface area contributed by atoms with E-state index in [1.54, 1.807) is 6.26 Å². The molecule has 1 aromatic heterocycles. The van der Waals surface area contributed by atoms with Crippen LogP contribution in [-0.4, -0.2) is 7.05 Å². The standard InChI is InChI=1S/C13H16N2O/c1-10-11(7-8-16-10)9-15(2)13-6-4-3-5-12(13)14/h3-8H,9,14H2,1-2H3. The number of hydrogen-bond donors (Lipinski definition) is 1. The van der Waals surface area contributed by atoms with Crippen LogP contribution in [0.1, 0.15) is 11.3 Å². The van der Waals surface area contributed by atoms with Crippen molar-refractivity contribution in [3.63, 3.8) is 0 Å². The van der Waals surface area contributed by atoms with E-state index in [0.29, 0.717) is 0 Å². The fourth-order valence-corrected chi connectivity index (χ4v) is 1.75. The maximum atomic E-state index is 5.92. The average molecular weight is 216 g/mol. The van der Waals surface area contributed by atoms with Gasteiger partial charge in [0.1, 0.15) is 5.76 Å². The van der Waals surface area contributed by atoms with Crippen molar-refractivity contribution < 1.29 is 4.42 Å². The normalized spacial score (nSPS) is 10.4. The monoisotopic (exact) mass is 216 g/mol. The Morgan fingerprint density at radius 2 is 2.00 bits per heavy atom. The summed E-state index contributed by atoms with van der Waals surface area (Å²) in [6, 6.07) is 9.85. The highest BCUT2D eigenvalue weighted by Crippen LogP contribution is 2.23. The summed E-state index contributed by atoms with van der Waals surface area (Å²) in [7, 11) is 2.03. The quantitative estimate of drug-likeness (QED) is 0.802. The van der Waals surface area contributed by atoms with Crippen LogP contribution in [0.3, 0.4) is 0 Å². The van der Waals surface area contributed by atoms with E-state index in [1.807, 2.05) is 44.3 Å². The van der Waals surface area contributed by atoms with E-state index in [4.69, 9.17) is 10.2 Å². The molecular formula is C13H16N2O. The molecule has 0 aliphatic rings. The molecule has 16 heavy (non-hydrogen) atoms. The molecule has 3 nitrogen and oxygen atoms in total. The van der Waals surface area contributed by atoms with Crippen molar-refractivity contribution in [3.8, 4) is 0 Å². The molecule has 0 saturated carbocycles. The van der Waals surface area contributed by atoms with Gasteiger partial charge in [-0.2, -0.15) is 0 Å². The summed E-state index contributed by atoms with van der Waals surface area (Å²) in [6.45, 7) is 2.77. The maximum Gasteiger partial charge on any atom is 0.105 e. The van der Waals surface area contributed by atoms with Crippen LogP contribution in [0.5, 0.6) is 0 Å². The molecule has 0 spiro atoms. The highest BCUT2D eigenvalue weighted by Gasteiger charge is 2.08. The molecule has 2 rings (SSSR count). The second kappa shape index (κ2) is 4.31. The fourth-order valence-electron chi connectivity index (χ4n) is 1.75. The van der Waals surface area contributed by atoms with Crippen LogP contribution in [0.2, 0.25) is 0 Å². The van der Waals surface area contributed by atoms with Crippen LogP contribution < -0.4 is 10.6 Å². The molecule has 2 aromatic rings. The molecule has 0 amide bonds. The van der Waals surface area contributed by atoms with Gasteiger partial charge in [0, 0.05) is 19.2 Å². The predicted molar refractivity (Wildman–Crippen MR) is 66.4 cm³/mol. The number of anilines is 2. The van der Waals surface area contributed by atoms with Gasteiger partial charge in [-0.25, -0.2) is 0 Å². The minimum absolute atomic E-state index is 0.797. The Bertz CT molecular complexity index is 476. The number of nitrogen functional groups attached to an aromatic ring is 1. The van der Waals surface area contributed by atoms with Crippen LogP contribution in [0, 0.1) is 6.92 Å². The molecule has 0 aliphatic carbocycles. The third-order valence-electron chi connectivity index (χ3n) is 2.72. The van der Waals surface area contributed by atoms with Crippen molar-refractivity contribution >= 4 is 11.4 Å². The Kier molecular flexibility index (Phi) is 2.86. The second-order valence-electron chi connectivity index (χ2n) is 3.92. The second-order valence-corrected chi connectivity index (χ2v) is 3.92. The van der Waals surface area contributed by atoms with Crippen LogP contribution in [0.15, 0.2) is 41.0 Å².